The normalized spacial score (nSPS) is 22.6. The van der Waals surface area contributed by atoms with Crippen LogP contribution in [0.1, 0.15) is 45.2 Å². The maximum absolute atomic E-state index is 12.5. The van der Waals surface area contributed by atoms with Crippen molar-refractivity contribution < 1.29 is 4.79 Å². The SMILES string of the molecule is CC(NC(=O)C1NCCCC1(C)C)c1ccc(Cl)c(Cl)c1. The summed E-state index contributed by atoms with van der Waals surface area (Å²) in [5.74, 6) is 0.0401. The van der Waals surface area contributed by atoms with Crippen LogP contribution in [0.2, 0.25) is 10.0 Å². The molecule has 116 valence electrons. The molecule has 5 heteroatoms. The van der Waals surface area contributed by atoms with Crippen LogP contribution >= 0.6 is 23.2 Å². The predicted octanol–water partition coefficient (Wildman–Crippen LogP) is 3.95. The van der Waals surface area contributed by atoms with E-state index in [9.17, 15) is 4.79 Å². The smallest absolute Gasteiger partial charge is 0.238 e. The van der Waals surface area contributed by atoms with Crippen molar-refractivity contribution in [2.45, 2.75) is 45.7 Å². The Morgan fingerprint density at radius 2 is 2.10 bits per heavy atom. The van der Waals surface area contributed by atoms with Crippen LogP contribution in [0.15, 0.2) is 18.2 Å². The van der Waals surface area contributed by atoms with E-state index in [1.54, 1.807) is 12.1 Å². The van der Waals surface area contributed by atoms with Crippen molar-refractivity contribution in [3.05, 3.63) is 33.8 Å². The number of benzene rings is 1. The quantitative estimate of drug-likeness (QED) is 0.882. The fraction of sp³-hybridized carbons (Fsp3) is 0.562. The summed E-state index contributed by atoms with van der Waals surface area (Å²) in [7, 11) is 0. The Labute approximate surface area is 136 Å². The Balaban J connectivity index is 2.06. The number of nitrogens with one attached hydrogen (secondary N) is 2. The maximum Gasteiger partial charge on any atom is 0.238 e. The van der Waals surface area contributed by atoms with Crippen molar-refractivity contribution in [2.24, 2.45) is 5.41 Å². The summed E-state index contributed by atoms with van der Waals surface area (Å²) in [4.78, 5) is 12.5. The molecule has 3 nitrogen and oxygen atoms in total. The molecule has 0 radical (unpaired) electrons. The molecule has 1 heterocycles. The molecule has 21 heavy (non-hydrogen) atoms. The van der Waals surface area contributed by atoms with E-state index >= 15 is 0 Å². The minimum atomic E-state index is -0.156. The molecule has 1 fully saturated rings. The van der Waals surface area contributed by atoms with E-state index < -0.39 is 0 Å². The zero-order valence-corrected chi connectivity index (χ0v) is 14.2. The van der Waals surface area contributed by atoms with Gasteiger partial charge in [-0.15, -0.1) is 0 Å². The van der Waals surface area contributed by atoms with Gasteiger partial charge in [-0.2, -0.15) is 0 Å². The van der Waals surface area contributed by atoms with Gasteiger partial charge in [0.05, 0.1) is 22.1 Å². The molecule has 0 bridgehead atoms. The number of halogens is 2. The Bertz CT molecular complexity index is 531. The zero-order valence-electron chi connectivity index (χ0n) is 12.7. The molecule has 0 spiro atoms. The van der Waals surface area contributed by atoms with Crippen molar-refractivity contribution in [2.75, 3.05) is 6.54 Å². The van der Waals surface area contributed by atoms with Gasteiger partial charge in [0.25, 0.3) is 0 Å². The van der Waals surface area contributed by atoms with Gasteiger partial charge < -0.3 is 10.6 Å². The number of rotatable bonds is 3. The molecule has 2 rings (SSSR count). The van der Waals surface area contributed by atoms with Gasteiger partial charge in [0.2, 0.25) is 5.91 Å². The third kappa shape index (κ3) is 3.91. The second kappa shape index (κ2) is 6.55. The lowest BCUT2D eigenvalue weighted by Crippen LogP contribution is -2.55. The van der Waals surface area contributed by atoms with Gasteiger partial charge in [0.1, 0.15) is 0 Å². The molecule has 1 aliphatic heterocycles. The summed E-state index contributed by atoms with van der Waals surface area (Å²) in [6, 6.07) is 5.18. The molecule has 0 aromatic heterocycles. The Hall–Kier alpha value is -0.770. The lowest BCUT2D eigenvalue weighted by molar-refractivity contribution is -0.127. The summed E-state index contributed by atoms with van der Waals surface area (Å²) in [5.41, 5.74) is 0.922. The van der Waals surface area contributed by atoms with Gasteiger partial charge in [-0.1, -0.05) is 43.1 Å². The lowest BCUT2D eigenvalue weighted by atomic mass is 9.77. The van der Waals surface area contributed by atoms with Gasteiger partial charge >= 0.3 is 0 Å². The topological polar surface area (TPSA) is 41.1 Å². The van der Waals surface area contributed by atoms with Crippen LogP contribution in [-0.2, 0) is 4.79 Å². The van der Waals surface area contributed by atoms with Gasteiger partial charge in [-0.25, -0.2) is 0 Å². The zero-order chi connectivity index (χ0) is 15.6. The molecule has 2 atom stereocenters. The van der Waals surface area contributed by atoms with Gasteiger partial charge in [-0.3, -0.25) is 4.79 Å². The first-order valence-corrected chi connectivity index (χ1v) is 8.05. The van der Waals surface area contributed by atoms with Crippen LogP contribution in [0.25, 0.3) is 0 Å². The van der Waals surface area contributed by atoms with E-state index in [4.69, 9.17) is 23.2 Å². The first kappa shape index (κ1) is 16.6. The molecule has 1 amide bonds. The largest absolute Gasteiger partial charge is 0.348 e. The summed E-state index contributed by atoms with van der Waals surface area (Å²) >= 11 is 12.0. The highest BCUT2D eigenvalue weighted by molar-refractivity contribution is 6.42. The van der Waals surface area contributed by atoms with Crippen LogP contribution in [0, 0.1) is 5.41 Å². The number of amides is 1. The standard InChI is InChI=1S/C16H22Cl2N2O/c1-10(11-5-6-12(17)13(18)9-11)20-15(21)14-16(2,3)7-4-8-19-14/h5-6,9-10,14,19H,4,7-8H2,1-3H3,(H,20,21). The number of hydrogen-bond acceptors (Lipinski definition) is 2. The van der Waals surface area contributed by atoms with Gasteiger partial charge in [-0.05, 0) is 49.4 Å². The second-order valence-corrected chi connectivity index (χ2v) is 7.20. The van der Waals surface area contributed by atoms with E-state index in [2.05, 4.69) is 24.5 Å². The Morgan fingerprint density at radius 1 is 1.38 bits per heavy atom. The highest BCUT2D eigenvalue weighted by Gasteiger charge is 2.37. The van der Waals surface area contributed by atoms with E-state index in [1.165, 1.54) is 0 Å². The van der Waals surface area contributed by atoms with Crippen molar-refractivity contribution in [3.63, 3.8) is 0 Å². The van der Waals surface area contributed by atoms with Crippen LogP contribution in [0.4, 0.5) is 0 Å². The highest BCUT2D eigenvalue weighted by atomic mass is 35.5. The molecular weight excluding hydrogens is 307 g/mol. The predicted molar refractivity (Wildman–Crippen MR) is 87.8 cm³/mol. The van der Waals surface area contributed by atoms with Crippen LogP contribution < -0.4 is 10.6 Å². The molecule has 2 N–H and O–H groups in total. The molecular formula is C16H22Cl2N2O. The van der Waals surface area contributed by atoms with Crippen molar-refractivity contribution in [1.29, 1.82) is 0 Å². The summed E-state index contributed by atoms with van der Waals surface area (Å²) in [5, 5.41) is 7.42. The third-order valence-corrected chi connectivity index (χ3v) is 4.93. The highest BCUT2D eigenvalue weighted by Crippen LogP contribution is 2.31. The third-order valence-electron chi connectivity index (χ3n) is 4.19. The molecule has 0 aliphatic carbocycles. The minimum absolute atomic E-state index is 0.0281. The first-order valence-electron chi connectivity index (χ1n) is 7.30. The fourth-order valence-corrected chi connectivity index (χ4v) is 3.13. The molecule has 2 unspecified atom stereocenters. The van der Waals surface area contributed by atoms with E-state index in [0.29, 0.717) is 10.0 Å². The van der Waals surface area contributed by atoms with Crippen molar-refractivity contribution in [1.82, 2.24) is 10.6 Å². The van der Waals surface area contributed by atoms with Crippen molar-refractivity contribution in [3.8, 4) is 0 Å². The molecule has 1 aromatic carbocycles. The van der Waals surface area contributed by atoms with Crippen molar-refractivity contribution >= 4 is 29.1 Å². The molecule has 1 aromatic rings. The maximum atomic E-state index is 12.5. The summed E-state index contributed by atoms with van der Waals surface area (Å²) in [6.07, 6.45) is 2.17. The van der Waals surface area contributed by atoms with E-state index in [0.717, 1.165) is 24.9 Å². The molecule has 0 saturated carbocycles. The first-order chi connectivity index (χ1) is 9.81. The summed E-state index contributed by atoms with van der Waals surface area (Å²) < 4.78 is 0. The van der Waals surface area contributed by atoms with E-state index in [-0.39, 0.29) is 23.4 Å². The number of carbonyl (C=O) groups is 1. The van der Waals surface area contributed by atoms with E-state index in [1.807, 2.05) is 13.0 Å². The van der Waals surface area contributed by atoms with Crippen LogP contribution in [0.3, 0.4) is 0 Å². The Morgan fingerprint density at radius 3 is 2.71 bits per heavy atom. The van der Waals surface area contributed by atoms with Gasteiger partial charge in [0, 0.05) is 0 Å². The number of piperidine rings is 1. The molecule has 1 saturated heterocycles. The number of carbonyl (C=O) groups excluding carboxylic acids is 1. The lowest BCUT2D eigenvalue weighted by Gasteiger charge is -2.38. The average molecular weight is 329 g/mol. The minimum Gasteiger partial charge on any atom is -0.348 e. The average Bonchev–Trinajstić information content (AvgIpc) is 2.41. The monoisotopic (exact) mass is 328 g/mol. The van der Waals surface area contributed by atoms with Crippen LogP contribution in [0.5, 0.6) is 0 Å². The Kier molecular flexibility index (Phi) is 5.18. The number of hydrogen-bond donors (Lipinski definition) is 2. The second-order valence-electron chi connectivity index (χ2n) is 6.38. The van der Waals surface area contributed by atoms with Crippen LogP contribution in [-0.4, -0.2) is 18.5 Å². The van der Waals surface area contributed by atoms with Gasteiger partial charge in [0.15, 0.2) is 0 Å². The summed E-state index contributed by atoms with van der Waals surface area (Å²) in [6.45, 7) is 7.11. The fourth-order valence-electron chi connectivity index (χ4n) is 2.82. The molecule has 1 aliphatic rings.